The molecule has 0 amide bonds. The number of rotatable bonds is 6. The largest absolute Gasteiger partial charge is 0.496 e. The average Bonchev–Trinajstić information content (AvgIpc) is 2.35. The Morgan fingerprint density at radius 2 is 1.84 bits per heavy atom. The molecule has 0 saturated carbocycles. The molecule has 3 heteroatoms. The molecule has 2 atom stereocenters. The minimum absolute atomic E-state index is 0.0418. The van der Waals surface area contributed by atoms with Crippen molar-refractivity contribution >= 4 is 5.69 Å². The van der Waals surface area contributed by atoms with Crippen LogP contribution in [0.2, 0.25) is 0 Å². The number of nitrogens with two attached hydrogens (primary N) is 1. The molecule has 0 spiro atoms. The Bertz CT molecular complexity index is 402. The van der Waals surface area contributed by atoms with Gasteiger partial charge in [-0.2, -0.15) is 0 Å². The van der Waals surface area contributed by atoms with Crippen LogP contribution in [-0.2, 0) is 0 Å². The molecule has 0 aliphatic rings. The second-order valence-corrected chi connectivity index (χ2v) is 5.77. The summed E-state index contributed by atoms with van der Waals surface area (Å²) in [4.78, 5) is 2.31. The Morgan fingerprint density at radius 1 is 1.21 bits per heavy atom. The lowest BCUT2D eigenvalue weighted by Gasteiger charge is -2.31. The van der Waals surface area contributed by atoms with Gasteiger partial charge in [0.15, 0.2) is 0 Å². The molecule has 0 bridgehead atoms. The maximum absolute atomic E-state index is 6.12. The summed E-state index contributed by atoms with van der Waals surface area (Å²) in [6, 6.07) is 6.56. The van der Waals surface area contributed by atoms with Gasteiger partial charge in [-0.3, -0.25) is 0 Å². The van der Waals surface area contributed by atoms with Crippen molar-refractivity contribution in [2.45, 2.75) is 46.2 Å². The first kappa shape index (κ1) is 15.8. The van der Waals surface area contributed by atoms with E-state index in [1.54, 1.807) is 7.11 Å². The molecule has 0 fully saturated rings. The van der Waals surface area contributed by atoms with E-state index in [9.17, 15) is 0 Å². The summed E-state index contributed by atoms with van der Waals surface area (Å²) in [6.07, 6.45) is 1.16. The van der Waals surface area contributed by atoms with E-state index >= 15 is 0 Å². The molecule has 1 aromatic rings. The minimum atomic E-state index is -0.0418. The van der Waals surface area contributed by atoms with Crippen LogP contribution in [0.3, 0.4) is 0 Å². The predicted octanol–water partition coefficient (Wildman–Crippen LogP) is 3.59. The average molecular weight is 264 g/mol. The highest BCUT2D eigenvalue weighted by molar-refractivity contribution is 5.60. The van der Waals surface area contributed by atoms with Crippen molar-refractivity contribution in [1.29, 1.82) is 0 Å². The molecule has 0 aliphatic heterocycles. The summed E-state index contributed by atoms with van der Waals surface area (Å²) in [5, 5.41) is 0. The number of nitrogens with zero attached hydrogens (tertiary/aromatic N) is 1. The second kappa shape index (κ2) is 6.80. The minimum Gasteiger partial charge on any atom is -0.496 e. The fourth-order valence-electron chi connectivity index (χ4n) is 2.55. The molecule has 0 radical (unpaired) electrons. The summed E-state index contributed by atoms with van der Waals surface area (Å²) in [7, 11) is 3.83. The highest BCUT2D eigenvalue weighted by Crippen LogP contribution is 2.34. The van der Waals surface area contributed by atoms with E-state index in [1.807, 2.05) is 19.1 Å². The number of ether oxygens (including phenoxy) is 1. The van der Waals surface area contributed by atoms with Gasteiger partial charge in [-0.1, -0.05) is 19.9 Å². The molecule has 1 unspecified atom stereocenters. The predicted molar refractivity (Wildman–Crippen MR) is 82.9 cm³/mol. The molecule has 108 valence electrons. The third-order valence-electron chi connectivity index (χ3n) is 3.57. The summed E-state index contributed by atoms with van der Waals surface area (Å²) in [5.74, 6) is 1.55. The number of anilines is 1. The first-order valence-corrected chi connectivity index (χ1v) is 7.03. The maximum Gasteiger partial charge on any atom is 0.125 e. The van der Waals surface area contributed by atoms with E-state index in [-0.39, 0.29) is 6.04 Å². The van der Waals surface area contributed by atoms with Gasteiger partial charge in [0.1, 0.15) is 5.75 Å². The molecule has 0 saturated heterocycles. The number of benzene rings is 1. The van der Waals surface area contributed by atoms with E-state index in [0.717, 1.165) is 17.7 Å². The van der Waals surface area contributed by atoms with E-state index in [2.05, 4.69) is 38.8 Å². The van der Waals surface area contributed by atoms with Gasteiger partial charge in [0, 0.05) is 30.4 Å². The van der Waals surface area contributed by atoms with Crippen molar-refractivity contribution in [2.75, 3.05) is 19.1 Å². The summed E-state index contributed by atoms with van der Waals surface area (Å²) < 4.78 is 5.45. The molecule has 0 heterocycles. The molecular weight excluding hydrogens is 236 g/mol. The third-order valence-corrected chi connectivity index (χ3v) is 3.57. The van der Waals surface area contributed by atoms with Crippen molar-refractivity contribution in [3.05, 3.63) is 23.8 Å². The van der Waals surface area contributed by atoms with Crippen LogP contribution in [0.25, 0.3) is 0 Å². The lowest BCUT2D eigenvalue weighted by atomic mass is 10.0. The van der Waals surface area contributed by atoms with E-state index < -0.39 is 0 Å². The summed E-state index contributed by atoms with van der Waals surface area (Å²) in [6.45, 7) is 8.76. The zero-order valence-corrected chi connectivity index (χ0v) is 13.1. The Morgan fingerprint density at radius 3 is 2.32 bits per heavy atom. The van der Waals surface area contributed by atoms with Gasteiger partial charge < -0.3 is 15.4 Å². The van der Waals surface area contributed by atoms with Crippen LogP contribution in [0.5, 0.6) is 5.75 Å². The van der Waals surface area contributed by atoms with Gasteiger partial charge >= 0.3 is 0 Å². The first-order valence-electron chi connectivity index (χ1n) is 7.03. The molecular formula is C16H28N2O. The normalized spacial score (nSPS) is 14.3. The van der Waals surface area contributed by atoms with Crippen molar-refractivity contribution < 1.29 is 4.74 Å². The van der Waals surface area contributed by atoms with Gasteiger partial charge in [0.05, 0.1) is 7.11 Å². The highest BCUT2D eigenvalue weighted by Gasteiger charge is 2.19. The first-order chi connectivity index (χ1) is 8.88. The number of hydrogen-bond acceptors (Lipinski definition) is 3. The zero-order valence-electron chi connectivity index (χ0n) is 13.1. The molecule has 3 nitrogen and oxygen atoms in total. The van der Waals surface area contributed by atoms with Crippen molar-refractivity contribution in [3.8, 4) is 5.75 Å². The number of methoxy groups -OCH3 is 1. The Balaban J connectivity index is 3.11. The summed E-state index contributed by atoms with van der Waals surface area (Å²) >= 11 is 0. The Labute approximate surface area is 117 Å². The third kappa shape index (κ3) is 3.87. The Hall–Kier alpha value is -1.22. The Kier molecular flexibility index (Phi) is 5.67. The van der Waals surface area contributed by atoms with Gasteiger partial charge in [-0.15, -0.1) is 0 Å². The standard InChI is InChI=1S/C16H28N2O/c1-11(2)10-12(3)18(5)14-8-7-9-15(19-6)16(14)13(4)17/h7-9,11-13H,10,17H2,1-6H3/t12?,13-/m1/s1. The van der Waals surface area contributed by atoms with Crippen LogP contribution in [0.4, 0.5) is 5.69 Å². The van der Waals surface area contributed by atoms with Crippen LogP contribution < -0.4 is 15.4 Å². The van der Waals surface area contributed by atoms with Crippen LogP contribution >= 0.6 is 0 Å². The highest BCUT2D eigenvalue weighted by atomic mass is 16.5. The van der Waals surface area contributed by atoms with Crippen molar-refractivity contribution in [1.82, 2.24) is 0 Å². The van der Waals surface area contributed by atoms with Crippen LogP contribution in [0.1, 0.15) is 45.7 Å². The molecule has 2 N–H and O–H groups in total. The quantitative estimate of drug-likeness (QED) is 0.853. The molecule has 19 heavy (non-hydrogen) atoms. The van der Waals surface area contributed by atoms with Crippen LogP contribution in [-0.4, -0.2) is 20.2 Å². The van der Waals surface area contributed by atoms with E-state index in [4.69, 9.17) is 10.5 Å². The smallest absolute Gasteiger partial charge is 0.125 e. The maximum atomic E-state index is 6.12. The van der Waals surface area contributed by atoms with Crippen molar-refractivity contribution in [2.24, 2.45) is 11.7 Å². The van der Waals surface area contributed by atoms with Crippen LogP contribution in [0, 0.1) is 5.92 Å². The van der Waals surface area contributed by atoms with Gasteiger partial charge in [0.25, 0.3) is 0 Å². The molecule has 1 aromatic carbocycles. The fourth-order valence-corrected chi connectivity index (χ4v) is 2.55. The van der Waals surface area contributed by atoms with Gasteiger partial charge in [0.2, 0.25) is 0 Å². The SMILES string of the molecule is COc1cccc(N(C)C(C)CC(C)C)c1[C@@H](C)N. The van der Waals surface area contributed by atoms with E-state index in [0.29, 0.717) is 12.0 Å². The number of hydrogen-bond donors (Lipinski definition) is 1. The lowest BCUT2D eigenvalue weighted by Crippen LogP contribution is -2.31. The molecule has 0 aliphatic carbocycles. The van der Waals surface area contributed by atoms with E-state index in [1.165, 1.54) is 5.69 Å². The van der Waals surface area contributed by atoms with Crippen molar-refractivity contribution in [3.63, 3.8) is 0 Å². The molecule has 0 aromatic heterocycles. The van der Waals surface area contributed by atoms with Gasteiger partial charge in [-0.25, -0.2) is 0 Å². The fraction of sp³-hybridized carbons (Fsp3) is 0.625. The van der Waals surface area contributed by atoms with Gasteiger partial charge in [-0.05, 0) is 38.3 Å². The second-order valence-electron chi connectivity index (χ2n) is 5.77. The molecule has 1 rings (SSSR count). The zero-order chi connectivity index (χ0) is 14.6. The topological polar surface area (TPSA) is 38.5 Å². The monoisotopic (exact) mass is 264 g/mol. The van der Waals surface area contributed by atoms with Crippen LogP contribution in [0.15, 0.2) is 18.2 Å². The lowest BCUT2D eigenvalue weighted by molar-refractivity contribution is 0.406. The summed E-state index contributed by atoms with van der Waals surface area (Å²) in [5.41, 5.74) is 8.38.